The van der Waals surface area contributed by atoms with Gasteiger partial charge in [0.15, 0.2) is 0 Å². The van der Waals surface area contributed by atoms with Crippen molar-refractivity contribution in [2.75, 3.05) is 7.05 Å². The van der Waals surface area contributed by atoms with E-state index < -0.39 is 0 Å². The minimum atomic E-state index is 0.504. The van der Waals surface area contributed by atoms with E-state index in [9.17, 15) is 0 Å². The summed E-state index contributed by atoms with van der Waals surface area (Å²) in [5.41, 5.74) is 1.59. The number of hydrogen-bond acceptors (Lipinski definition) is 2. The number of hydrogen-bond donors (Lipinski definition) is 1. The number of aryl methyl sites for hydroxylation is 2. The summed E-state index contributed by atoms with van der Waals surface area (Å²) in [5.74, 6) is 2.71. The van der Waals surface area contributed by atoms with Crippen LogP contribution >= 0.6 is 11.3 Å². The molecule has 0 radical (unpaired) electrons. The highest BCUT2D eigenvalue weighted by Gasteiger charge is 2.18. The summed E-state index contributed by atoms with van der Waals surface area (Å²) < 4.78 is 0. The highest BCUT2D eigenvalue weighted by atomic mass is 32.1. The first-order valence-corrected chi connectivity index (χ1v) is 6.89. The molecule has 2 rings (SSSR count). The predicted octanol–water partition coefficient (Wildman–Crippen LogP) is 3.30. The molecule has 0 spiro atoms. The summed E-state index contributed by atoms with van der Waals surface area (Å²) in [6.07, 6.45) is 12.4. The predicted molar refractivity (Wildman–Crippen MR) is 70.8 cm³/mol. The van der Waals surface area contributed by atoms with Gasteiger partial charge in [-0.15, -0.1) is 23.7 Å². The van der Waals surface area contributed by atoms with E-state index in [0.717, 1.165) is 19.3 Å². The van der Waals surface area contributed by atoms with Gasteiger partial charge in [-0.25, -0.2) is 0 Å². The Kier molecular flexibility index (Phi) is 4.04. The molecule has 1 nitrogen and oxygen atoms in total. The van der Waals surface area contributed by atoms with Crippen molar-refractivity contribution in [2.45, 2.75) is 44.6 Å². The first kappa shape index (κ1) is 11.7. The summed E-state index contributed by atoms with van der Waals surface area (Å²) in [4.78, 5) is 3.12. The van der Waals surface area contributed by atoms with Crippen molar-refractivity contribution in [1.82, 2.24) is 5.32 Å². The third-order valence-corrected chi connectivity index (χ3v) is 4.62. The zero-order valence-corrected chi connectivity index (χ0v) is 10.7. The van der Waals surface area contributed by atoms with Gasteiger partial charge < -0.3 is 5.32 Å². The lowest BCUT2D eigenvalue weighted by atomic mass is 10.1. The van der Waals surface area contributed by atoms with Crippen molar-refractivity contribution in [1.29, 1.82) is 0 Å². The fourth-order valence-electron chi connectivity index (χ4n) is 2.36. The van der Waals surface area contributed by atoms with Gasteiger partial charge in [-0.2, -0.15) is 0 Å². The van der Waals surface area contributed by atoms with Crippen LogP contribution in [0.2, 0.25) is 0 Å². The van der Waals surface area contributed by atoms with Crippen LogP contribution in [0.4, 0.5) is 0 Å². The molecule has 86 valence electrons. The van der Waals surface area contributed by atoms with Gasteiger partial charge in [0, 0.05) is 22.2 Å². The minimum absolute atomic E-state index is 0.504. The fourth-order valence-corrected chi connectivity index (χ4v) is 3.76. The molecular formula is C14H19NS. The fraction of sp³-hybridized carbons (Fsp3) is 0.571. The van der Waals surface area contributed by atoms with E-state index in [1.807, 2.05) is 18.4 Å². The van der Waals surface area contributed by atoms with Crippen LogP contribution in [-0.2, 0) is 12.8 Å². The zero-order chi connectivity index (χ0) is 11.4. The molecule has 1 aromatic heterocycles. The molecule has 1 unspecified atom stereocenters. The van der Waals surface area contributed by atoms with Gasteiger partial charge in [-0.05, 0) is 50.8 Å². The molecule has 2 heteroatoms. The van der Waals surface area contributed by atoms with Crippen LogP contribution in [-0.4, -0.2) is 7.05 Å². The number of fused-ring (bicyclic) bond motifs is 1. The molecule has 1 aromatic rings. The molecule has 1 heterocycles. The minimum Gasteiger partial charge on any atom is -0.312 e. The van der Waals surface area contributed by atoms with Crippen molar-refractivity contribution >= 4 is 11.3 Å². The molecule has 0 saturated heterocycles. The van der Waals surface area contributed by atoms with Gasteiger partial charge in [-0.3, -0.25) is 0 Å². The average Bonchev–Trinajstić information content (AvgIpc) is 2.84. The van der Waals surface area contributed by atoms with Crippen molar-refractivity contribution in [2.24, 2.45) is 0 Å². The number of nitrogens with one attached hydrogen (secondary N) is 1. The molecule has 0 aromatic carbocycles. The monoisotopic (exact) mass is 233 g/mol. The van der Waals surface area contributed by atoms with E-state index in [1.165, 1.54) is 24.1 Å². The Hall–Kier alpha value is -0.780. The molecule has 1 aliphatic carbocycles. The molecule has 0 bridgehead atoms. The summed E-state index contributed by atoms with van der Waals surface area (Å²) in [6, 6.07) is 2.91. The van der Waals surface area contributed by atoms with Crippen LogP contribution < -0.4 is 5.32 Å². The topological polar surface area (TPSA) is 12.0 Å². The van der Waals surface area contributed by atoms with E-state index in [4.69, 9.17) is 6.42 Å². The second kappa shape index (κ2) is 5.52. The van der Waals surface area contributed by atoms with Gasteiger partial charge in [-0.1, -0.05) is 0 Å². The van der Waals surface area contributed by atoms with E-state index >= 15 is 0 Å². The normalized spacial score (nSPS) is 15.8. The van der Waals surface area contributed by atoms with Crippen LogP contribution in [0, 0.1) is 12.3 Å². The quantitative estimate of drug-likeness (QED) is 0.608. The van der Waals surface area contributed by atoms with Crippen molar-refractivity contribution in [3.8, 4) is 12.3 Å². The summed E-state index contributed by atoms with van der Waals surface area (Å²) >= 11 is 2.00. The second-order valence-electron chi connectivity index (χ2n) is 4.39. The van der Waals surface area contributed by atoms with Crippen LogP contribution in [0.25, 0.3) is 0 Å². The standard InChI is InChI=1S/C14H19NS/c1-3-4-5-8-12(15-2)14-10-11-7-6-9-13(11)16-14/h1,10,12,15H,4-9H2,2H3. The number of terminal acetylenes is 1. The van der Waals surface area contributed by atoms with Gasteiger partial charge in [0.1, 0.15) is 0 Å². The summed E-state index contributed by atoms with van der Waals surface area (Å²) in [6.45, 7) is 0. The lowest BCUT2D eigenvalue weighted by molar-refractivity contribution is 0.539. The molecular weight excluding hydrogens is 214 g/mol. The zero-order valence-electron chi connectivity index (χ0n) is 9.88. The molecule has 0 amide bonds. The molecule has 0 fully saturated rings. The third-order valence-electron chi connectivity index (χ3n) is 3.27. The second-order valence-corrected chi connectivity index (χ2v) is 5.56. The smallest absolute Gasteiger partial charge is 0.0412 e. The number of rotatable bonds is 5. The molecule has 1 aliphatic rings. The first-order chi connectivity index (χ1) is 7.85. The first-order valence-electron chi connectivity index (χ1n) is 6.07. The molecule has 16 heavy (non-hydrogen) atoms. The Morgan fingerprint density at radius 3 is 3.12 bits per heavy atom. The van der Waals surface area contributed by atoms with E-state index in [1.54, 1.807) is 10.4 Å². The summed E-state index contributed by atoms with van der Waals surface area (Å²) in [7, 11) is 2.05. The van der Waals surface area contributed by atoms with Crippen molar-refractivity contribution < 1.29 is 0 Å². The molecule has 1 atom stereocenters. The molecule has 0 saturated carbocycles. The van der Waals surface area contributed by atoms with Crippen molar-refractivity contribution in [3.05, 3.63) is 21.4 Å². The van der Waals surface area contributed by atoms with Crippen molar-refractivity contribution in [3.63, 3.8) is 0 Å². The maximum atomic E-state index is 5.29. The van der Waals surface area contributed by atoms with Gasteiger partial charge in [0.2, 0.25) is 0 Å². The average molecular weight is 233 g/mol. The van der Waals surface area contributed by atoms with E-state index in [-0.39, 0.29) is 0 Å². The third kappa shape index (κ3) is 2.48. The van der Waals surface area contributed by atoms with Gasteiger partial charge in [0.05, 0.1) is 0 Å². The van der Waals surface area contributed by atoms with Crippen LogP contribution in [0.1, 0.15) is 47.0 Å². The van der Waals surface area contributed by atoms with Gasteiger partial charge >= 0.3 is 0 Å². The van der Waals surface area contributed by atoms with Gasteiger partial charge in [0.25, 0.3) is 0 Å². The van der Waals surface area contributed by atoms with Crippen LogP contribution in [0.5, 0.6) is 0 Å². The van der Waals surface area contributed by atoms with Crippen LogP contribution in [0.3, 0.4) is 0 Å². The summed E-state index contributed by atoms with van der Waals surface area (Å²) in [5, 5.41) is 3.41. The van der Waals surface area contributed by atoms with E-state index in [0.29, 0.717) is 6.04 Å². The molecule has 1 N–H and O–H groups in total. The largest absolute Gasteiger partial charge is 0.312 e. The SMILES string of the molecule is C#CCCCC(NC)c1cc2c(s1)CCC2. The van der Waals surface area contributed by atoms with E-state index in [2.05, 4.69) is 17.3 Å². The Morgan fingerprint density at radius 2 is 2.44 bits per heavy atom. The Balaban J connectivity index is 2.00. The maximum absolute atomic E-state index is 5.29. The Bertz CT molecular complexity index is 364. The lowest BCUT2D eigenvalue weighted by Gasteiger charge is -2.13. The van der Waals surface area contributed by atoms with Crippen LogP contribution in [0.15, 0.2) is 6.07 Å². The highest BCUT2D eigenvalue weighted by molar-refractivity contribution is 7.12. The molecule has 0 aliphatic heterocycles. The Labute approximate surface area is 102 Å². The number of thiophene rings is 1. The number of unbranched alkanes of at least 4 members (excludes halogenated alkanes) is 1. The highest BCUT2D eigenvalue weighted by Crippen LogP contribution is 2.35. The maximum Gasteiger partial charge on any atom is 0.0412 e. The Morgan fingerprint density at radius 1 is 1.56 bits per heavy atom. The lowest BCUT2D eigenvalue weighted by Crippen LogP contribution is -2.14.